The molecule has 0 N–H and O–H groups in total. The standard InChI is InChI=1S/C18H18F6N2/c1-25(11-17(19,20)21)14-9-7-13(8-10-14)15-5-3-4-6-16(15)26(2)12-18(22,23)24/h3-10H,11-12H2,1-2H3. The van der Waals surface area contributed by atoms with Crippen LogP contribution >= 0.6 is 0 Å². The summed E-state index contributed by atoms with van der Waals surface area (Å²) in [5.41, 5.74) is 1.96. The van der Waals surface area contributed by atoms with Crippen molar-refractivity contribution >= 4 is 11.4 Å². The number of nitrogens with zero attached hydrogens (tertiary/aromatic N) is 2. The van der Waals surface area contributed by atoms with Crippen molar-refractivity contribution in [1.82, 2.24) is 0 Å². The van der Waals surface area contributed by atoms with E-state index < -0.39 is 25.4 Å². The highest BCUT2D eigenvalue weighted by Crippen LogP contribution is 2.33. The molecule has 142 valence electrons. The average molecular weight is 376 g/mol. The van der Waals surface area contributed by atoms with E-state index in [1.165, 1.54) is 26.2 Å². The van der Waals surface area contributed by atoms with E-state index in [2.05, 4.69) is 0 Å². The molecule has 26 heavy (non-hydrogen) atoms. The van der Waals surface area contributed by atoms with E-state index in [-0.39, 0.29) is 0 Å². The Morgan fingerprint density at radius 3 is 1.73 bits per heavy atom. The lowest BCUT2D eigenvalue weighted by atomic mass is 10.0. The third-order valence-electron chi connectivity index (χ3n) is 3.77. The molecule has 0 saturated carbocycles. The summed E-state index contributed by atoms with van der Waals surface area (Å²) >= 11 is 0. The molecule has 0 unspecified atom stereocenters. The minimum Gasteiger partial charge on any atom is -0.366 e. The van der Waals surface area contributed by atoms with Crippen molar-refractivity contribution in [3.8, 4) is 11.1 Å². The monoisotopic (exact) mass is 376 g/mol. The molecule has 2 rings (SSSR count). The van der Waals surface area contributed by atoms with Crippen LogP contribution in [0.25, 0.3) is 11.1 Å². The number of halogens is 6. The van der Waals surface area contributed by atoms with Gasteiger partial charge in [0.1, 0.15) is 13.1 Å². The van der Waals surface area contributed by atoms with Gasteiger partial charge >= 0.3 is 12.4 Å². The number of benzene rings is 2. The number of anilines is 2. The zero-order chi connectivity index (χ0) is 19.5. The summed E-state index contributed by atoms with van der Waals surface area (Å²) in [7, 11) is 2.67. The Bertz CT molecular complexity index is 722. The normalized spacial score (nSPS) is 12.2. The van der Waals surface area contributed by atoms with Crippen molar-refractivity contribution in [2.24, 2.45) is 0 Å². The third kappa shape index (κ3) is 5.57. The van der Waals surface area contributed by atoms with Crippen LogP contribution in [0.2, 0.25) is 0 Å². The molecule has 0 aliphatic heterocycles. The van der Waals surface area contributed by atoms with Gasteiger partial charge in [-0.1, -0.05) is 30.3 Å². The summed E-state index contributed by atoms with van der Waals surface area (Å²) in [5, 5.41) is 0. The molecule has 0 spiro atoms. The van der Waals surface area contributed by atoms with Gasteiger partial charge in [-0.25, -0.2) is 0 Å². The average Bonchev–Trinajstić information content (AvgIpc) is 2.52. The van der Waals surface area contributed by atoms with Gasteiger partial charge in [-0.3, -0.25) is 0 Å². The molecule has 2 nitrogen and oxygen atoms in total. The predicted octanol–water partition coefficient (Wildman–Crippen LogP) is 5.35. The third-order valence-corrected chi connectivity index (χ3v) is 3.77. The summed E-state index contributed by atoms with van der Waals surface area (Å²) in [6.45, 7) is -2.19. The molecular formula is C18H18F6N2. The van der Waals surface area contributed by atoms with Gasteiger partial charge in [0.2, 0.25) is 0 Å². The first kappa shape index (κ1) is 19.9. The molecule has 0 atom stereocenters. The summed E-state index contributed by atoms with van der Waals surface area (Å²) < 4.78 is 75.4. The zero-order valence-corrected chi connectivity index (χ0v) is 14.2. The Balaban J connectivity index is 2.27. The molecule has 0 radical (unpaired) electrons. The van der Waals surface area contributed by atoms with E-state index in [9.17, 15) is 26.3 Å². The molecule has 2 aromatic rings. The Kier molecular flexibility index (Phi) is 5.73. The first-order valence-corrected chi connectivity index (χ1v) is 7.71. The molecule has 0 aliphatic rings. The smallest absolute Gasteiger partial charge is 0.366 e. The van der Waals surface area contributed by atoms with Crippen LogP contribution in [0.15, 0.2) is 48.5 Å². The van der Waals surface area contributed by atoms with Crippen molar-refractivity contribution in [2.45, 2.75) is 12.4 Å². The Hall–Kier alpha value is -2.38. The quantitative estimate of drug-likeness (QED) is 0.649. The second kappa shape index (κ2) is 7.47. The fourth-order valence-electron chi connectivity index (χ4n) is 2.66. The lowest BCUT2D eigenvalue weighted by molar-refractivity contribution is -0.120. The van der Waals surface area contributed by atoms with Gasteiger partial charge in [-0.05, 0) is 23.8 Å². The van der Waals surface area contributed by atoms with Crippen LogP contribution in [0.3, 0.4) is 0 Å². The predicted molar refractivity (Wildman–Crippen MR) is 90.5 cm³/mol. The Labute approximate surface area is 147 Å². The molecule has 0 fully saturated rings. The fourth-order valence-corrected chi connectivity index (χ4v) is 2.66. The Morgan fingerprint density at radius 1 is 0.692 bits per heavy atom. The minimum absolute atomic E-state index is 0.368. The number of hydrogen-bond donors (Lipinski definition) is 0. The van der Waals surface area contributed by atoms with Crippen LogP contribution in [0, 0.1) is 0 Å². The van der Waals surface area contributed by atoms with Crippen molar-refractivity contribution in [3.05, 3.63) is 48.5 Å². The number of alkyl halides is 6. The van der Waals surface area contributed by atoms with Gasteiger partial charge in [-0.2, -0.15) is 26.3 Å². The van der Waals surface area contributed by atoms with Crippen LogP contribution in [0.5, 0.6) is 0 Å². The molecule has 0 aromatic heterocycles. The Morgan fingerprint density at radius 2 is 1.19 bits per heavy atom. The topological polar surface area (TPSA) is 6.48 Å². The van der Waals surface area contributed by atoms with Crippen LogP contribution in [-0.2, 0) is 0 Å². The van der Waals surface area contributed by atoms with Crippen LogP contribution in [-0.4, -0.2) is 39.5 Å². The van der Waals surface area contributed by atoms with Gasteiger partial charge in [0.05, 0.1) is 0 Å². The zero-order valence-electron chi connectivity index (χ0n) is 14.2. The first-order chi connectivity index (χ1) is 12.0. The highest BCUT2D eigenvalue weighted by Gasteiger charge is 2.30. The van der Waals surface area contributed by atoms with Crippen molar-refractivity contribution in [2.75, 3.05) is 37.0 Å². The lowest BCUT2D eigenvalue weighted by Crippen LogP contribution is -2.31. The SMILES string of the molecule is CN(CC(F)(F)F)c1ccc(-c2ccccc2N(C)CC(F)(F)F)cc1. The second-order valence-electron chi connectivity index (χ2n) is 6.01. The molecule has 0 heterocycles. The van der Waals surface area contributed by atoms with E-state index in [4.69, 9.17) is 0 Å². The fraction of sp³-hybridized carbons (Fsp3) is 0.333. The van der Waals surface area contributed by atoms with Gasteiger partial charge in [0.15, 0.2) is 0 Å². The van der Waals surface area contributed by atoms with Gasteiger partial charge in [-0.15, -0.1) is 0 Å². The first-order valence-electron chi connectivity index (χ1n) is 7.71. The minimum atomic E-state index is -4.34. The van der Waals surface area contributed by atoms with Crippen LogP contribution in [0.4, 0.5) is 37.7 Å². The molecule has 0 saturated heterocycles. The molecule has 2 aromatic carbocycles. The van der Waals surface area contributed by atoms with Crippen molar-refractivity contribution in [3.63, 3.8) is 0 Å². The van der Waals surface area contributed by atoms with E-state index in [1.807, 2.05) is 0 Å². The molecule has 8 heteroatoms. The van der Waals surface area contributed by atoms with Crippen LogP contribution in [0.1, 0.15) is 0 Å². The van der Waals surface area contributed by atoms with Gasteiger partial charge in [0, 0.05) is 31.0 Å². The van der Waals surface area contributed by atoms with Crippen LogP contribution < -0.4 is 9.80 Å². The largest absolute Gasteiger partial charge is 0.405 e. The van der Waals surface area contributed by atoms with Gasteiger partial charge < -0.3 is 9.80 Å². The summed E-state index contributed by atoms with van der Waals surface area (Å²) in [5.74, 6) is 0. The summed E-state index contributed by atoms with van der Waals surface area (Å²) in [6, 6.07) is 12.8. The number of para-hydroxylation sites is 1. The summed E-state index contributed by atoms with van der Waals surface area (Å²) in [4.78, 5) is 2.16. The maximum Gasteiger partial charge on any atom is 0.405 e. The van der Waals surface area contributed by atoms with E-state index in [0.717, 1.165) is 9.80 Å². The van der Waals surface area contributed by atoms with Crippen molar-refractivity contribution in [1.29, 1.82) is 0 Å². The highest BCUT2D eigenvalue weighted by atomic mass is 19.4. The lowest BCUT2D eigenvalue weighted by Gasteiger charge is -2.24. The van der Waals surface area contributed by atoms with Crippen molar-refractivity contribution < 1.29 is 26.3 Å². The highest BCUT2D eigenvalue weighted by molar-refractivity contribution is 5.79. The maximum atomic E-state index is 12.7. The maximum absolute atomic E-state index is 12.7. The molecular weight excluding hydrogens is 358 g/mol. The van der Waals surface area contributed by atoms with E-state index in [1.54, 1.807) is 36.4 Å². The van der Waals surface area contributed by atoms with E-state index >= 15 is 0 Å². The summed E-state index contributed by atoms with van der Waals surface area (Å²) in [6.07, 6.45) is -8.66. The number of hydrogen-bond acceptors (Lipinski definition) is 2. The van der Waals surface area contributed by atoms with E-state index in [0.29, 0.717) is 22.5 Å². The molecule has 0 amide bonds. The second-order valence-corrected chi connectivity index (χ2v) is 6.01. The van der Waals surface area contributed by atoms with Gasteiger partial charge in [0.25, 0.3) is 0 Å². The molecule has 0 aliphatic carbocycles. The molecule has 0 bridgehead atoms. The number of rotatable bonds is 5.